The molecule has 0 aromatic rings. The van der Waals surface area contributed by atoms with Crippen LogP contribution in [0.15, 0.2) is 11.0 Å². The van der Waals surface area contributed by atoms with Crippen LogP contribution in [0.4, 0.5) is 0 Å². The van der Waals surface area contributed by atoms with E-state index in [-0.39, 0.29) is 0 Å². The van der Waals surface area contributed by atoms with Gasteiger partial charge in [-0.1, -0.05) is 5.57 Å². The van der Waals surface area contributed by atoms with Crippen LogP contribution in [0.3, 0.4) is 0 Å². The summed E-state index contributed by atoms with van der Waals surface area (Å²) in [5.41, 5.74) is 2.26. The first-order chi connectivity index (χ1) is 3.72. The number of hydrogen-bond donors (Lipinski definition) is 0. The van der Waals surface area contributed by atoms with E-state index < -0.39 is 0 Å². The third-order valence-corrected chi connectivity index (χ3v) is 1.79. The molecule has 42 valence electrons. The lowest BCUT2D eigenvalue weighted by Crippen LogP contribution is -1.93. The van der Waals surface area contributed by atoms with Gasteiger partial charge in [-0.05, 0) is 18.8 Å². The SMILES string of the molecule is BC1=C(C)CCC1=O. The monoisotopic (exact) mass is 108 g/mol. The van der Waals surface area contributed by atoms with Crippen LogP contribution in [-0.2, 0) is 4.79 Å². The van der Waals surface area contributed by atoms with E-state index in [0.29, 0.717) is 5.78 Å². The van der Waals surface area contributed by atoms with E-state index in [2.05, 4.69) is 0 Å². The van der Waals surface area contributed by atoms with Gasteiger partial charge in [-0.3, -0.25) is 4.79 Å². The van der Waals surface area contributed by atoms with Crippen molar-refractivity contribution in [1.82, 2.24) is 0 Å². The van der Waals surface area contributed by atoms with Gasteiger partial charge in [0.1, 0.15) is 13.6 Å². The van der Waals surface area contributed by atoms with Crippen LogP contribution in [0, 0.1) is 0 Å². The predicted molar refractivity (Wildman–Crippen MR) is 35.5 cm³/mol. The summed E-state index contributed by atoms with van der Waals surface area (Å²) in [5, 5.41) is 0. The van der Waals surface area contributed by atoms with Crippen molar-refractivity contribution < 1.29 is 4.79 Å². The molecule has 0 spiro atoms. The molecule has 0 N–H and O–H groups in total. The average molecular weight is 108 g/mol. The maximum absolute atomic E-state index is 10.7. The zero-order chi connectivity index (χ0) is 6.15. The zero-order valence-corrected chi connectivity index (χ0v) is 5.32. The van der Waals surface area contributed by atoms with Crippen molar-refractivity contribution in [2.75, 3.05) is 0 Å². The second-order valence-corrected chi connectivity index (χ2v) is 2.33. The van der Waals surface area contributed by atoms with Crippen LogP contribution >= 0.6 is 0 Å². The summed E-state index contributed by atoms with van der Waals surface area (Å²) in [6.07, 6.45) is 1.74. The Bertz CT molecular complexity index is 158. The van der Waals surface area contributed by atoms with E-state index in [1.54, 1.807) is 0 Å². The van der Waals surface area contributed by atoms with Crippen LogP contribution < -0.4 is 0 Å². The van der Waals surface area contributed by atoms with E-state index in [1.165, 1.54) is 5.57 Å². The Kier molecular flexibility index (Phi) is 1.24. The van der Waals surface area contributed by atoms with Crippen molar-refractivity contribution in [1.29, 1.82) is 0 Å². The fourth-order valence-electron chi connectivity index (χ4n) is 0.914. The fourth-order valence-corrected chi connectivity index (χ4v) is 0.914. The highest BCUT2D eigenvalue weighted by atomic mass is 16.1. The number of Topliss-reactive ketones (excluding diaryl/α,β-unsaturated/α-hetero) is 1. The number of rotatable bonds is 0. The predicted octanol–water partition coefficient (Wildman–Crippen LogP) is 0.256. The maximum atomic E-state index is 10.7. The van der Waals surface area contributed by atoms with Crippen molar-refractivity contribution in [3.8, 4) is 0 Å². The van der Waals surface area contributed by atoms with E-state index in [9.17, 15) is 4.79 Å². The average Bonchev–Trinajstić information content (AvgIpc) is 1.98. The van der Waals surface area contributed by atoms with Gasteiger partial charge in [0.2, 0.25) is 0 Å². The number of ketones is 1. The van der Waals surface area contributed by atoms with Crippen molar-refractivity contribution in [3.63, 3.8) is 0 Å². The molecule has 1 aliphatic carbocycles. The summed E-state index contributed by atoms with van der Waals surface area (Å²) in [6.45, 7) is 2.03. The largest absolute Gasteiger partial charge is 0.295 e. The van der Waals surface area contributed by atoms with Crippen LogP contribution in [-0.4, -0.2) is 13.6 Å². The molecule has 0 bridgehead atoms. The van der Waals surface area contributed by atoms with Gasteiger partial charge in [-0.15, -0.1) is 0 Å². The summed E-state index contributed by atoms with van der Waals surface area (Å²) in [5.74, 6) is 0.336. The first-order valence-electron chi connectivity index (χ1n) is 2.91. The standard InChI is InChI=1S/C6H9BO/c1-4-2-3-5(8)6(4)7/h2-3,7H2,1H3. The Labute approximate surface area is 50.2 Å². The highest BCUT2D eigenvalue weighted by molar-refractivity contribution is 6.38. The van der Waals surface area contributed by atoms with Gasteiger partial charge in [0.15, 0.2) is 0 Å². The lowest BCUT2D eigenvalue weighted by Gasteiger charge is -1.86. The van der Waals surface area contributed by atoms with E-state index in [4.69, 9.17) is 0 Å². The lowest BCUT2D eigenvalue weighted by molar-refractivity contribution is -0.114. The van der Waals surface area contributed by atoms with Crippen LogP contribution in [0.5, 0.6) is 0 Å². The lowest BCUT2D eigenvalue weighted by atomic mass is 9.92. The van der Waals surface area contributed by atoms with Gasteiger partial charge in [0.25, 0.3) is 0 Å². The van der Waals surface area contributed by atoms with Crippen molar-refractivity contribution in [3.05, 3.63) is 11.0 Å². The summed E-state index contributed by atoms with van der Waals surface area (Å²) in [4.78, 5) is 10.7. The van der Waals surface area contributed by atoms with Gasteiger partial charge < -0.3 is 0 Å². The molecule has 0 radical (unpaired) electrons. The Balaban J connectivity index is 2.86. The molecular formula is C6H9BO. The highest BCUT2D eigenvalue weighted by Crippen LogP contribution is 2.18. The first-order valence-corrected chi connectivity index (χ1v) is 2.91. The van der Waals surface area contributed by atoms with Gasteiger partial charge in [0.05, 0.1) is 0 Å². The Morgan fingerprint density at radius 3 is 2.25 bits per heavy atom. The molecule has 0 atom stereocenters. The Hall–Kier alpha value is -0.525. The van der Waals surface area contributed by atoms with Crippen LogP contribution in [0.25, 0.3) is 0 Å². The highest BCUT2D eigenvalue weighted by Gasteiger charge is 2.14. The molecule has 0 fully saturated rings. The van der Waals surface area contributed by atoms with Crippen molar-refractivity contribution in [2.24, 2.45) is 0 Å². The third kappa shape index (κ3) is 0.704. The van der Waals surface area contributed by atoms with E-state index >= 15 is 0 Å². The molecule has 0 saturated carbocycles. The van der Waals surface area contributed by atoms with Gasteiger partial charge in [-0.2, -0.15) is 0 Å². The number of carbonyl (C=O) groups excluding carboxylic acids is 1. The molecule has 2 heteroatoms. The molecule has 0 aromatic heterocycles. The fraction of sp³-hybridized carbons (Fsp3) is 0.500. The van der Waals surface area contributed by atoms with Crippen LogP contribution in [0.1, 0.15) is 19.8 Å². The molecular weight excluding hydrogens is 98.9 g/mol. The topological polar surface area (TPSA) is 17.1 Å². The van der Waals surface area contributed by atoms with Crippen molar-refractivity contribution >= 4 is 13.6 Å². The maximum Gasteiger partial charge on any atom is 0.149 e. The van der Waals surface area contributed by atoms with Crippen molar-refractivity contribution in [2.45, 2.75) is 19.8 Å². The summed E-state index contributed by atoms with van der Waals surface area (Å²) >= 11 is 0. The molecule has 1 aliphatic rings. The van der Waals surface area contributed by atoms with Gasteiger partial charge >= 0.3 is 0 Å². The normalized spacial score (nSPS) is 20.4. The molecule has 8 heavy (non-hydrogen) atoms. The molecule has 0 amide bonds. The molecule has 0 heterocycles. The summed E-state index contributed by atoms with van der Waals surface area (Å²) < 4.78 is 0. The minimum Gasteiger partial charge on any atom is -0.295 e. The minimum atomic E-state index is 0.336. The molecule has 1 rings (SSSR count). The molecule has 0 aromatic carbocycles. The third-order valence-electron chi connectivity index (χ3n) is 1.79. The molecule has 0 aliphatic heterocycles. The van der Waals surface area contributed by atoms with Gasteiger partial charge in [-0.25, -0.2) is 0 Å². The zero-order valence-electron chi connectivity index (χ0n) is 5.32. The number of allylic oxidation sites excluding steroid dienone is 2. The second kappa shape index (κ2) is 1.77. The van der Waals surface area contributed by atoms with Gasteiger partial charge in [0, 0.05) is 6.42 Å². The Morgan fingerprint density at radius 2 is 2.12 bits per heavy atom. The van der Waals surface area contributed by atoms with E-state index in [0.717, 1.165) is 18.3 Å². The quantitative estimate of drug-likeness (QED) is 0.406. The first kappa shape index (κ1) is 5.61. The Morgan fingerprint density at radius 1 is 1.50 bits per heavy atom. The molecule has 1 nitrogen and oxygen atoms in total. The summed E-state index contributed by atoms with van der Waals surface area (Å²) in [6, 6.07) is 0. The number of carbonyl (C=O) groups is 1. The smallest absolute Gasteiger partial charge is 0.149 e. The minimum absolute atomic E-state index is 0.336. The molecule has 0 unspecified atom stereocenters. The number of hydrogen-bond acceptors (Lipinski definition) is 1. The second-order valence-electron chi connectivity index (χ2n) is 2.33. The molecule has 0 saturated heterocycles. The summed E-state index contributed by atoms with van der Waals surface area (Å²) in [7, 11) is 1.91. The van der Waals surface area contributed by atoms with E-state index in [1.807, 2.05) is 14.8 Å². The van der Waals surface area contributed by atoms with Crippen LogP contribution in [0.2, 0.25) is 0 Å².